The van der Waals surface area contributed by atoms with Crippen molar-refractivity contribution in [2.75, 3.05) is 13.1 Å². The fourth-order valence-electron chi connectivity index (χ4n) is 3.29. The molecule has 2 fully saturated rings. The number of carboxylic acids is 1. The fourth-order valence-corrected chi connectivity index (χ4v) is 3.29. The van der Waals surface area contributed by atoms with E-state index in [1.165, 1.54) is 6.42 Å². The number of hydrogen-bond donors (Lipinski definition) is 2. The van der Waals surface area contributed by atoms with E-state index in [1.54, 1.807) is 0 Å². The van der Waals surface area contributed by atoms with Crippen LogP contribution in [0.4, 0.5) is 4.79 Å². The van der Waals surface area contributed by atoms with Gasteiger partial charge in [-0.1, -0.05) is 13.3 Å². The van der Waals surface area contributed by atoms with Crippen LogP contribution in [-0.4, -0.2) is 41.1 Å². The standard InChI is InChI=1S/C15H26N2O3/c1-2-11-7-9-17(10-8-11)15(20)16-13-5-3-12(4-6-13)14(18)19/h11-13H,2-10H2,1H3,(H,16,20)(H,18,19). The normalized spacial score (nSPS) is 28.1. The Morgan fingerprint density at radius 1 is 1.10 bits per heavy atom. The van der Waals surface area contributed by atoms with E-state index in [2.05, 4.69) is 12.2 Å². The summed E-state index contributed by atoms with van der Waals surface area (Å²) in [6, 6.07) is 0.195. The van der Waals surface area contributed by atoms with E-state index in [1.807, 2.05) is 4.90 Å². The smallest absolute Gasteiger partial charge is 0.317 e. The van der Waals surface area contributed by atoms with Crippen LogP contribution in [0.3, 0.4) is 0 Å². The van der Waals surface area contributed by atoms with Crippen molar-refractivity contribution in [2.45, 2.75) is 57.9 Å². The first kappa shape index (κ1) is 15.1. The number of carbonyl (C=O) groups is 2. The van der Waals surface area contributed by atoms with E-state index in [9.17, 15) is 9.59 Å². The molecule has 2 amide bonds. The SMILES string of the molecule is CCC1CCN(C(=O)NC2CCC(C(=O)O)CC2)CC1. The molecule has 1 saturated carbocycles. The lowest BCUT2D eigenvalue weighted by atomic mass is 9.86. The van der Waals surface area contributed by atoms with Crippen LogP contribution in [0.2, 0.25) is 0 Å². The summed E-state index contributed by atoms with van der Waals surface area (Å²) in [6.07, 6.45) is 6.35. The van der Waals surface area contributed by atoms with Crippen LogP contribution in [0.25, 0.3) is 0 Å². The summed E-state index contributed by atoms with van der Waals surface area (Å²) in [7, 11) is 0. The van der Waals surface area contributed by atoms with Gasteiger partial charge in [-0.25, -0.2) is 4.79 Å². The average Bonchev–Trinajstić information content (AvgIpc) is 2.48. The number of piperidine rings is 1. The molecule has 1 heterocycles. The molecular formula is C15H26N2O3. The molecule has 0 radical (unpaired) electrons. The van der Waals surface area contributed by atoms with Crippen molar-refractivity contribution in [2.24, 2.45) is 11.8 Å². The van der Waals surface area contributed by atoms with E-state index in [0.29, 0.717) is 12.8 Å². The molecule has 2 aliphatic rings. The minimum absolute atomic E-state index is 0.0401. The molecule has 0 aromatic heterocycles. The molecular weight excluding hydrogens is 256 g/mol. The lowest BCUT2D eigenvalue weighted by Crippen LogP contribution is -2.48. The van der Waals surface area contributed by atoms with Crippen LogP contribution in [0, 0.1) is 11.8 Å². The Bertz CT molecular complexity index is 343. The molecule has 0 aromatic carbocycles. The van der Waals surface area contributed by atoms with Gasteiger partial charge in [0.25, 0.3) is 0 Å². The van der Waals surface area contributed by atoms with E-state index in [-0.39, 0.29) is 18.0 Å². The summed E-state index contributed by atoms with van der Waals surface area (Å²) in [5.74, 6) is -0.148. The Balaban J connectivity index is 1.72. The van der Waals surface area contributed by atoms with Gasteiger partial charge in [-0.2, -0.15) is 0 Å². The second-order valence-corrected chi connectivity index (χ2v) is 6.17. The maximum Gasteiger partial charge on any atom is 0.317 e. The summed E-state index contributed by atoms with van der Waals surface area (Å²) in [5, 5.41) is 12.0. The molecule has 0 spiro atoms. The minimum atomic E-state index is -0.698. The van der Waals surface area contributed by atoms with Crippen molar-refractivity contribution < 1.29 is 14.7 Å². The topological polar surface area (TPSA) is 69.6 Å². The van der Waals surface area contributed by atoms with Crippen molar-refractivity contribution in [1.82, 2.24) is 10.2 Å². The highest BCUT2D eigenvalue weighted by molar-refractivity contribution is 5.74. The van der Waals surface area contributed by atoms with Crippen molar-refractivity contribution in [3.63, 3.8) is 0 Å². The second-order valence-electron chi connectivity index (χ2n) is 6.17. The predicted octanol–water partition coefficient (Wildman–Crippen LogP) is 2.46. The first-order valence-corrected chi connectivity index (χ1v) is 7.88. The molecule has 0 aromatic rings. The molecule has 2 N–H and O–H groups in total. The Hall–Kier alpha value is -1.26. The van der Waals surface area contributed by atoms with Crippen molar-refractivity contribution in [3.05, 3.63) is 0 Å². The molecule has 2 rings (SSSR count). The highest BCUT2D eigenvalue weighted by Gasteiger charge is 2.28. The van der Waals surface area contributed by atoms with Gasteiger partial charge in [-0.05, 0) is 44.4 Å². The zero-order valence-electron chi connectivity index (χ0n) is 12.3. The van der Waals surface area contributed by atoms with Crippen LogP contribution in [0.1, 0.15) is 51.9 Å². The van der Waals surface area contributed by atoms with Crippen molar-refractivity contribution >= 4 is 12.0 Å². The minimum Gasteiger partial charge on any atom is -0.481 e. The number of nitrogens with zero attached hydrogens (tertiary/aromatic N) is 1. The summed E-state index contributed by atoms with van der Waals surface area (Å²) < 4.78 is 0. The van der Waals surface area contributed by atoms with Gasteiger partial charge in [0, 0.05) is 19.1 Å². The van der Waals surface area contributed by atoms with E-state index in [0.717, 1.165) is 44.7 Å². The van der Waals surface area contributed by atoms with Crippen LogP contribution in [-0.2, 0) is 4.79 Å². The van der Waals surface area contributed by atoms with Gasteiger partial charge in [0.2, 0.25) is 0 Å². The number of rotatable bonds is 3. The maximum absolute atomic E-state index is 12.2. The number of likely N-dealkylation sites (tertiary alicyclic amines) is 1. The van der Waals surface area contributed by atoms with Gasteiger partial charge in [-0.15, -0.1) is 0 Å². The molecule has 5 heteroatoms. The van der Waals surface area contributed by atoms with Gasteiger partial charge in [0.1, 0.15) is 0 Å². The Morgan fingerprint density at radius 3 is 2.20 bits per heavy atom. The van der Waals surface area contributed by atoms with E-state index in [4.69, 9.17) is 5.11 Å². The second kappa shape index (κ2) is 6.95. The van der Waals surface area contributed by atoms with Crippen molar-refractivity contribution in [1.29, 1.82) is 0 Å². The van der Waals surface area contributed by atoms with Crippen LogP contribution in [0.15, 0.2) is 0 Å². The van der Waals surface area contributed by atoms with E-state index >= 15 is 0 Å². The quantitative estimate of drug-likeness (QED) is 0.835. The number of hydrogen-bond acceptors (Lipinski definition) is 2. The monoisotopic (exact) mass is 282 g/mol. The van der Waals surface area contributed by atoms with Crippen LogP contribution >= 0.6 is 0 Å². The zero-order valence-corrected chi connectivity index (χ0v) is 12.3. The summed E-state index contributed by atoms with van der Waals surface area (Å²) in [6.45, 7) is 3.92. The molecule has 0 unspecified atom stereocenters. The van der Waals surface area contributed by atoms with Gasteiger partial charge in [0.05, 0.1) is 5.92 Å². The first-order valence-electron chi connectivity index (χ1n) is 7.88. The van der Waals surface area contributed by atoms with Crippen LogP contribution in [0.5, 0.6) is 0 Å². The lowest BCUT2D eigenvalue weighted by Gasteiger charge is -2.34. The Morgan fingerprint density at radius 2 is 1.70 bits per heavy atom. The molecule has 114 valence electrons. The number of nitrogens with one attached hydrogen (secondary N) is 1. The number of aliphatic carboxylic acids is 1. The zero-order chi connectivity index (χ0) is 14.5. The molecule has 0 atom stereocenters. The highest BCUT2D eigenvalue weighted by Crippen LogP contribution is 2.25. The van der Waals surface area contributed by atoms with Gasteiger partial charge in [-0.3, -0.25) is 4.79 Å². The van der Waals surface area contributed by atoms with Crippen LogP contribution < -0.4 is 5.32 Å². The lowest BCUT2D eigenvalue weighted by molar-refractivity contribution is -0.142. The molecule has 20 heavy (non-hydrogen) atoms. The first-order chi connectivity index (χ1) is 9.60. The molecule has 1 aliphatic heterocycles. The summed E-state index contributed by atoms with van der Waals surface area (Å²) in [4.78, 5) is 25.0. The van der Waals surface area contributed by atoms with Gasteiger partial charge < -0.3 is 15.3 Å². The van der Waals surface area contributed by atoms with Crippen molar-refractivity contribution in [3.8, 4) is 0 Å². The molecule has 1 aliphatic carbocycles. The van der Waals surface area contributed by atoms with Gasteiger partial charge in [0.15, 0.2) is 0 Å². The van der Waals surface area contributed by atoms with Gasteiger partial charge >= 0.3 is 12.0 Å². The predicted molar refractivity (Wildman–Crippen MR) is 76.5 cm³/mol. The highest BCUT2D eigenvalue weighted by atomic mass is 16.4. The average molecular weight is 282 g/mol. The third-order valence-electron chi connectivity index (χ3n) is 4.88. The van der Waals surface area contributed by atoms with E-state index < -0.39 is 5.97 Å². The summed E-state index contributed by atoms with van der Waals surface area (Å²) in [5.41, 5.74) is 0. The Kier molecular flexibility index (Phi) is 5.26. The third-order valence-corrected chi connectivity index (χ3v) is 4.88. The number of carboxylic acid groups (broad SMARTS) is 1. The Labute approximate surface area is 120 Å². The maximum atomic E-state index is 12.2. The summed E-state index contributed by atoms with van der Waals surface area (Å²) >= 11 is 0. The third kappa shape index (κ3) is 3.87. The fraction of sp³-hybridized carbons (Fsp3) is 0.867. The molecule has 0 bridgehead atoms. The number of urea groups is 1. The molecule has 1 saturated heterocycles. The molecule has 5 nitrogen and oxygen atoms in total. The largest absolute Gasteiger partial charge is 0.481 e. The number of carbonyl (C=O) groups excluding carboxylic acids is 1. The number of amides is 2.